The third-order valence-corrected chi connectivity index (χ3v) is 6.62. The number of sulfonamides is 1. The van der Waals surface area contributed by atoms with Gasteiger partial charge in [-0.05, 0) is 68.6 Å². The molecule has 0 saturated carbocycles. The van der Waals surface area contributed by atoms with Crippen LogP contribution in [-0.4, -0.2) is 33.6 Å². The molecule has 0 spiro atoms. The van der Waals surface area contributed by atoms with E-state index in [0.29, 0.717) is 16.8 Å². The molecule has 0 aliphatic rings. The number of carbonyl (C=O) groups excluding carboxylic acids is 1. The summed E-state index contributed by atoms with van der Waals surface area (Å²) in [5.74, 6) is -0.0717. The Bertz CT molecular complexity index is 1250. The van der Waals surface area contributed by atoms with Crippen LogP contribution in [0, 0.1) is 0 Å². The Kier molecular flexibility index (Phi) is 6.93. The van der Waals surface area contributed by atoms with Gasteiger partial charge in [0.25, 0.3) is 10.0 Å². The summed E-state index contributed by atoms with van der Waals surface area (Å²) >= 11 is 12.1. The minimum atomic E-state index is -4.22. The number of carbonyl (C=O) groups is 1. The first-order valence-electron chi connectivity index (χ1n) is 9.68. The lowest BCUT2D eigenvalue weighted by Gasteiger charge is -2.27. The van der Waals surface area contributed by atoms with Crippen molar-refractivity contribution < 1.29 is 22.7 Å². The fourth-order valence-corrected chi connectivity index (χ4v) is 5.34. The topological polar surface area (TPSA) is 72.9 Å². The van der Waals surface area contributed by atoms with Gasteiger partial charge in [-0.1, -0.05) is 35.3 Å². The van der Waals surface area contributed by atoms with Gasteiger partial charge in [0, 0.05) is 15.4 Å². The van der Waals surface area contributed by atoms with Crippen LogP contribution in [0.5, 0.6) is 5.75 Å². The van der Waals surface area contributed by atoms with Crippen molar-refractivity contribution in [1.29, 1.82) is 0 Å². The van der Waals surface area contributed by atoms with Crippen LogP contribution >= 0.6 is 23.2 Å². The van der Waals surface area contributed by atoms with Crippen molar-refractivity contribution in [2.24, 2.45) is 0 Å². The van der Waals surface area contributed by atoms with Gasteiger partial charge in [-0.2, -0.15) is 0 Å². The largest absolute Gasteiger partial charge is 0.497 e. The molecule has 3 aromatic rings. The van der Waals surface area contributed by atoms with Crippen molar-refractivity contribution >= 4 is 55.7 Å². The standard InChI is InChI=1S/C23H23Cl2NO5S/c1-23(2,3)31-22(27)14-26(32(28,29)19-12-16(24)11-17(25)13-19)21-7-5-6-15-10-18(30-4)8-9-20(15)21/h5-13H,14H2,1-4H3. The molecule has 32 heavy (non-hydrogen) atoms. The first-order valence-corrected chi connectivity index (χ1v) is 11.9. The highest BCUT2D eigenvalue weighted by atomic mass is 35.5. The summed E-state index contributed by atoms with van der Waals surface area (Å²) in [5.41, 5.74) is -0.468. The van der Waals surface area contributed by atoms with E-state index < -0.39 is 28.1 Å². The summed E-state index contributed by atoms with van der Waals surface area (Å²) in [5, 5.41) is 1.69. The Hall–Kier alpha value is -2.48. The van der Waals surface area contributed by atoms with Gasteiger partial charge < -0.3 is 9.47 Å². The van der Waals surface area contributed by atoms with Crippen molar-refractivity contribution in [3.63, 3.8) is 0 Å². The fourth-order valence-electron chi connectivity index (χ4n) is 3.18. The number of anilines is 1. The third kappa shape index (κ3) is 5.46. The molecule has 3 aromatic carbocycles. The minimum absolute atomic E-state index is 0.135. The van der Waals surface area contributed by atoms with Gasteiger partial charge in [-0.25, -0.2) is 8.42 Å². The smallest absolute Gasteiger partial charge is 0.327 e. The van der Waals surface area contributed by atoms with E-state index in [1.807, 2.05) is 6.07 Å². The lowest BCUT2D eigenvalue weighted by Crippen LogP contribution is -2.39. The number of benzene rings is 3. The monoisotopic (exact) mass is 495 g/mol. The van der Waals surface area contributed by atoms with E-state index >= 15 is 0 Å². The van der Waals surface area contributed by atoms with Crippen molar-refractivity contribution in [2.75, 3.05) is 18.0 Å². The highest BCUT2D eigenvalue weighted by molar-refractivity contribution is 7.92. The molecule has 0 amide bonds. The number of fused-ring (bicyclic) bond motifs is 1. The fraction of sp³-hybridized carbons (Fsp3) is 0.261. The number of hydrogen-bond donors (Lipinski definition) is 0. The minimum Gasteiger partial charge on any atom is -0.497 e. The maximum absolute atomic E-state index is 13.7. The molecule has 0 saturated heterocycles. The van der Waals surface area contributed by atoms with Crippen molar-refractivity contribution in [1.82, 2.24) is 0 Å². The SMILES string of the molecule is COc1ccc2c(N(CC(=O)OC(C)(C)C)S(=O)(=O)c3cc(Cl)cc(Cl)c3)cccc2c1. The van der Waals surface area contributed by atoms with Crippen molar-refractivity contribution in [3.05, 3.63) is 64.6 Å². The number of methoxy groups -OCH3 is 1. The molecule has 6 nitrogen and oxygen atoms in total. The zero-order chi connectivity index (χ0) is 23.7. The Labute approximate surface area is 197 Å². The zero-order valence-electron chi connectivity index (χ0n) is 18.1. The van der Waals surface area contributed by atoms with Crippen molar-refractivity contribution in [2.45, 2.75) is 31.3 Å². The van der Waals surface area contributed by atoms with Crippen molar-refractivity contribution in [3.8, 4) is 5.75 Å². The number of rotatable bonds is 6. The van der Waals surface area contributed by atoms with E-state index in [-0.39, 0.29) is 14.9 Å². The zero-order valence-corrected chi connectivity index (χ0v) is 20.4. The van der Waals surface area contributed by atoms with Gasteiger partial charge in [0.05, 0.1) is 17.7 Å². The molecule has 0 heterocycles. The number of esters is 1. The van der Waals surface area contributed by atoms with Gasteiger partial charge in [-0.3, -0.25) is 9.10 Å². The number of hydrogen-bond acceptors (Lipinski definition) is 5. The van der Waals surface area contributed by atoms with E-state index in [4.69, 9.17) is 32.7 Å². The summed E-state index contributed by atoms with van der Waals surface area (Å²) in [6.45, 7) is 4.61. The second-order valence-electron chi connectivity index (χ2n) is 8.07. The maximum atomic E-state index is 13.7. The van der Waals surface area contributed by atoms with E-state index in [9.17, 15) is 13.2 Å². The molecule has 0 unspecified atom stereocenters. The average molecular weight is 496 g/mol. The molecule has 9 heteroatoms. The van der Waals surface area contributed by atoms with Crippen LogP contribution < -0.4 is 9.04 Å². The van der Waals surface area contributed by atoms with E-state index in [1.165, 1.54) is 18.2 Å². The Morgan fingerprint density at radius 3 is 2.25 bits per heavy atom. The molecule has 0 bridgehead atoms. The molecular formula is C23H23Cl2NO5S. The Morgan fingerprint density at radius 2 is 1.66 bits per heavy atom. The molecule has 0 aliphatic carbocycles. The van der Waals surface area contributed by atoms with E-state index in [0.717, 1.165) is 9.69 Å². The molecule has 0 atom stereocenters. The normalized spacial score (nSPS) is 11.9. The van der Waals surface area contributed by atoms with Crippen LogP contribution in [0.1, 0.15) is 20.8 Å². The lowest BCUT2D eigenvalue weighted by molar-refractivity contribution is -0.152. The summed E-state index contributed by atoms with van der Waals surface area (Å²) in [6, 6.07) is 14.4. The highest BCUT2D eigenvalue weighted by Crippen LogP contribution is 2.34. The maximum Gasteiger partial charge on any atom is 0.327 e. The van der Waals surface area contributed by atoms with Gasteiger partial charge in [0.1, 0.15) is 17.9 Å². The molecule has 0 aliphatic heterocycles. The van der Waals surface area contributed by atoms with Crippen LogP contribution in [0.4, 0.5) is 5.69 Å². The predicted octanol–water partition coefficient (Wildman–Crippen LogP) is 5.69. The van der Waals surface area contributed by atoms with Crippen LogP contribution in [0.15, 0.2) is 59.5 Å². The number of nitrogens with zero attached hydrogens (tertiary/aromatic N) is 1. The Morgan fingerprint density at radius 1 is 1.00 bits per heavy atom. The summed E-state index contributed by atoms with van der Waals surface area (Å²) in [4.78, 5) is 12.6. The molecule has 170 valence electrons. The molecule has 0 radical (unpaired) electrons. The molecular weight excluding hydrogens is 473 g/mol. The number of ether oxygens (including phenoxy) is 2. The van der Waals surface area contributed by atoms with E-state index in [2.05, 4.69) is 0 Å². The van der Waals surface area contributed by atoms with Crippen LogP contribution in [0.2, 0.25) is 10.0 Å². The lowest BCUT2D eigenvalue weighted by atomic mass is 10.1. The quantitative estimate of drug-likeness (QED) is 0.410. The molecule has 0 aromatic heterocycles. The Balaban J connectivity index is 2.19. The number of halogens is 2. The van der Waals surface area contributed by atoms with Crippen LogP contribution in [-0.2, 0) is 19.6 Å². The second kappa shape index (κ2) is 9.17. The van der Waals surface area contributed by atoms with Gasteiger partial charge in [0.2, 0.25) is 0 Å². The van der Waals surface area contributed by atoms with Crippen LogP contribution in [0.25, 0.3) is 10.8 Å². The molecule has 0 N–H and O–H groups in total. The van der Waals surface area contributed by atoms with E-state index in [1.54, 1.807) is 58.2 Å². The second-order valence-corrected chi connectivity index (χ2v) is 10.8. The third-order valence-electron chi connectivity index (χ3n) is 4.45. The molecule has 0 fully saturated rings. The first kappa shape index (κ1) is 24.2. The summed E-state index contributed by atoms with van der Waals surface area (Å²) in [6.07, 6.45) is 0. The highest BCUT2D eigenvalue weighted by Gasteiger charge is 2.31. The first-order chi connectivity index (χ1) is 14.9. The van der Waals surface area contributed by atoms with Gasteiger partial charge in [0.15, 0.2) is 0 Å². The predicted molar refractivity (Wildman–Crippen MR) is 127 cm³/mol. The van der Waals surface area contributed by atoms with Crippen LogP contribution in [0.3, 0.4) is 0 Å². The van der Waals surface area contributed by atoms with Gasteiger partial charge in [-0.15, -0.1) is 0 Å². The molecule has 3 rings (SSSR count). The summed E-state index contributed by atoms with van der Waals surface area (Å²) in [7, 11) is -2.68. The average Bonchev–Trinajstić information content (AvgIpc) is 2.69. The summed E-state index contributed by atoms with van der Waals surface area (Å²) < 4.78 is 39.0. The van der Waals surface area contributed by atoms with Gasteiger partial charge >= 0.3 is 5.97 Å².